The van der Waals surface area contributed by atoms with Crippen LogP contribution in [0.15, 0.2) is 0 Å². The molecule has 4 N–H and O–H groups in total. The summed E-state index contributed by atoms with van der Waals surface area (Å²) in [5.41, 5.74) is 0. The van der Waals surface area contributed by atoms with Crippen LogP contribution in [0, 0.1) is 0 Å². The summed E-state index contributed by atoms with van der Waals surface area (Å²) in [6.07, 6.45) is -1.83. The van der Waals surface area contributed by atoms with Crippen LogP contribution in [0.5, 0.6) is 0 Å². The Balaban J connectivity index is -0.00000000750. The third kappa shape index (κ3) is 271. The summed E-state index contributed by atoms with van der Waals surface area (Å²) >= 11 is 0. The number of carboxylic acid groups (broad SMARTS) is 2. The molecule has 0 aromatic rings. The van der Waals surface area contributed by atoms with Crippen LogP contribution in [-0.4, -0.2) is 21.8 Å². The summed E-state index contributed by atoms with van der Waals surface area (Å²) in [5, 5.41) is 13.9. The van der Waals surface area contributed by atoms with Crippen molar-refractivity contribution in [3.05, 3.63) is 0 Å². The summed E-state index contributed by atoms with van der Waals surface area (Å²) in [5.74, 6) is 0. The van der Waals surface area contributed by atoms with Crippen molar-refractivity contribution in [3.8, 4) is 0 Å². The Morgan fingerprint density at radius 2 is 1.43 bits per heavy atom. The first-order chi connectivity index (χ1) is 1.73. The summed E-state index contributed by atoms with van der Waals surface area (Å²) in [4.78, 5) is 8.56. The quantitative estimate of drug-likeness (QED) is 0.367. The zero-order chi connectivity index (χ0) is 3.58. The molecule has 7 heavy (non-hydrogen) atoms. The van der Waals surface area contributed by atoms with E-state index in [0.717, 1.165) is 0 Å². The SMILES string of the molecule is O.O=C(O)O.[Cu].[H-].[Na+]. The van der Waals surface area contributed by atoms with Crippen LogP contribution in [0.25, 0.3) is 0 Å². The summed E-state index contributed by atoms with van der Waals surface area (Å²) < 4.78 is 0. The van der Waals surface area contributed by atoms with Gasteiger partial charge < -0.3 is 17.1 Å². The molecule has 1 radical (unpaired) electrons. The van der Waals surface area contributed by atoms with E-state index in [1.165, 1.54) is 0 Å². The van der Waals surface area contributed by atoms with Gasteiger partial charge >= 0.3 is 35.7 Å². The Kier molecular flexibility index (Phi) is 56.9. The molecule has 0 aliphatic carbocycles. The van der Waals surface area contributed by atoms with Gasteiger partial charge in [-0.25, -0.2) is 4.79 Å². The molecule has 45 valence electrons. The van der Waals surface area contributed by atoms with Gasteiger partial charge in [-0.2, -0.15) is 0 Å². The van der Waals surface area contributed by atoms with Crippen molar-refractivity contribution in [1.82, 2.24) is 0 Å². The smallest absolute Gasteiger partial charge is 1.00 e. The molecule has 0 aliphatic rings. The molecule has 0 aromatic carbocycles. The zero-order valence-electron chi connectivity index (χ0n) is 4.60. The van der Waals surface area contributed by atoms with Crippen LogP contribution in [-0.2, 0) is 17.1 Å². The molecule has 0 rings (SSSR count). The van der Waals surface area contributed by atoms with E-state index in [2.05, 4.69) is 0 Å². The van der Waals surface area contributed by atoms with Gasteiger partial charge in [-0.1, -0.05) is 0 Å². The second kappa shape index (κ2) is 15.9. The summed E-state index contributed by atoms with van der Waals surface area (Å²) in [6, 6.07) is 0. The molecular weight excluding hydrogens is 163 g/mol. The molecule has 0 atom stereocenters. The van der Waals surface area contributed by atoms with Crippen molar-refractivity contribution in [2.75, 3.05) is 0 Å². The Bertz CT molecular complexity index is 39.0. The number of rotatable bonds is 0. The molecule has 0 aliphatic heterocycles. The third-order valence-corrected chi connectivity index (χ3v) is 0. The first-order valence-corrected chi connectivity index (χ1v) is 0.651. The topological polar surface area (TPSA) is 89.0 Å². The Hall–Kier alpha value is 0.749. The average molecular weight is 168 g/mol. The number of hydrogen-bond donors (Lipinski definition) is 2. The maximum absolute atomic E-state index is 8.56. The van der Waals surface area contributed by atoms with Gasteiger partial charge in [0, 0.05) is 17.1 Å². The third-order valence-electron chi connectivity index (χ3n) is 0. The molecule has 0 bridgehead atoms. The van der Waals surface area contributed by atoms with Crippen LogP contribution >= 0.6 is 0 Å². The predicted molar refractivity (Wildman–Crippen MR) is 15.4 cm³/mol. The van der Waals surface area contributed by atoms with Crippen molar-refractivity contribution < 1.29 is 68.5 Å². The van der Waals surface area contributed by atoms with Crippen molar-refractivity contribution >= 4 is 6.16 Å². The molecule has 0 saturated heterocycles. The fraction of sp³-hybridized carbons (Fsp3) is 0. The minimum atomic E-state index is -1.83. The van der Waals surface area contributed by atoms with Crippen LogP contribution < -0.4 is 29.6 Å². The summed E-state index contributed by atoms with van der Waals surface area (Å²) in [7, 11) is 0. The van der Waals surface area contributed by atoms with E-state index in [9.17, 15) is 0 Å². The van der Waals surface area contributed by atoms with Gasteiger partial charge in [0.15, 0.2) is 0 Å². The van der Waals surface area contributed by atoms with E-state index in [0.29, 0.717) is 0 Å². The van der Waals surface area contributed by atoms with E-state index >= 15 is 0 Å². The van der Waals surface area contributed by atoms with Crippen LogP contribution in [0.1, 0.15) is 1.43 Å². The molecule has 0 aromatic heterocycles. The van der Waals surface area contributed by atoms with Crippen LogP contribution in [0.4, 0.5) is 4.79 Å². The van der Waals surface area contributed by atoms with E-state index in [1.807, 2.05) is 0 Å². The predicted octanol–water partition coefficient (Wildman–Crippen LogP) is -3.49. The molecule has 0 unspecified atom stereocenters. The second-order valence-electron chi connectivity index (χ2n) is 0.283. The zero-order valence-corrected chi connectivity index (χ0v) is 6.55. The van der Waals surface area contributed by atoms with Crippen molar-refractivity contribution in [2.45, 2.75) is 0 Å². The van der Waals surface area contributed by atoms with E-state index in [-0.39, 0.29) is 53.5 Å². The van der Waals surface area contributed by atoms with Gasteiger partial charge in [0.05, 0.1) is 0 Å². The molecule has 0 saturated carbocycles. The fourth-order valence-corrected chi connectivity index (χ4v) is 0. The van der Waals surface area contributed by atoms with Gasteiger partial charge in [0.2, 0.25) is 0 Å². The average Bonchev–Trinajstić information content (AvgIpc) is 0.811. The molecule has 4 nitrogen and oxygen atoms in total. The van der Waals surface area contributed by atoms with Gasteiger partial charge in [0.1, 0.15) is 0 Å². The minimum Gasteiger partial charge on any atom is -1.00 e. The van der Waals surface area contributed by atoms with E-state index in [4.69, 9.17) is 15.0 Å². The molecule has 0 heterocycles. The minimum absolute atomic E-state index is 0. The van der Waals surface area contributed by atoms with Gasteiger partial charge in [0.25, 0.3) is 0 Å². The van der Waals surface area contributed by atoms with Crippen LogP contribution in [0.2, 0.25) is 0 Å². The monoisotopic (exact) mass is 167 g/mol. The Morgan fingerprint density at radius 3 is 1.43 bits per heavy atom. The van der Waals surface area contributed by atoms with E-state index < -0.39 is 6.16 Å². The second-order valence-corrected chi connectivity index (χ2v) is 0.283. The van der Waals surface area contributed by atoms with Gasteiger partial charge in [-0.3, -0.25) is 0 Å². The standard InChI is InChI=1S/CH2O3.Cu.Na.H2O.H/c2-1(3)4;;;;/h(H2,2,3,4);;;1H2;/q;;+1;;-1. The molecule has 0 fully saturated rings. The number of hydrogen-bond acceptors (Lipinski definition) is 1. The largest absolute Gasteiger partial charge is 1.00 e. The summed E-state index contributed by atoms with van der Waals surface area (Å²) in [6.45, 7) is 0. The van der Waals surface area contributed by atoms with Crippen molar-refractivity contribution in [1.29, 1.82) is 0 Å². The fourth-order valence-electron chi connectivity index (χ4n) is 0. The molecule has 0 spiro atoms. The Morgan fingerprint density at radius 1 is 1.43 bits per heavy atom. The maximum atomic E-state index is 8.56. The normalized spacial score (nSPS) is 3.43. The molecule has 0 amide bonds. The maximum Gasteiger partial charge on any atom is 1.00 e. The van der Waals surface area contributed by atoms with Gasteiger partial charge in [-0.15, -0.1) is 0 Å². The first kappa shape index (κ1) is 25.1. The van der Waals surface area contributed by atoms with E-state index in [1.54, 1.807) is 0 Å². The molecule has 6 heteroatoms. The number of carbonyl (C=O) groups is 1. The molecular formula is CH5CuNaO4. The van der Waals surface area contributed by atoms with Gasteiger partial charge in [-0.05, 0) is 0 Å². The first-order valence-electron chi connectivity index (χ1n) is 0.651. The van der Waals surface area contributed by atoms with Crippen molar-refractivity contribution in [2.24, 2.45) is 0 Å². The van der Waals surface area contributed by atoms with Crippen molar-refractivity contribution in [3.63, 3.8) is 0 Å². The van der Waals surface area contributed by atoms with Crippen LogP contribution in [0.3, 0.4) is 0 Å². The Labute approximate surface area is 74.5 Å².